The maximum Gasteiger partial charge on any atom is 0.0406 e. The molecule has 2 heteroatoms. The van der Waals surface area contributed by atoms with Gasteiger partial charge in [0.1, 0.15) is 0 Å². The van der Waals surface area contributed by atoms with Crippen molar-refractivity contribution >= 4 is 11.6 Å². The second-order valence-electron chi connectivity index (χ2n) is 4.63. The first-order valence-electron chi connectivity index (χ1n) is 5.25. The van der Waals surface area contributed by atoms with Gasteiger partial charge in [0.2, 0.25) is 0 Å². The van der Waals surface area contributed by atoms with Crippen LogP contribution in [0.15, 0.2) is 24.3 Å². The van der Waals surface area contributed by atoms with E-state index in [0.29, 0.717) is 11.5 Å². The van der Waals surface area contributed by atoms with Crippen LogP contribution in [-0.2, 0) is 5.41 Å². The highest BCUT2D eigenvalue weighted by Crippen LogP contribution is 2.61. The first-order chi connectivity index (χ1) is 6.73. The molecule has 0 aromatic heterocycles. The van der Waals surface area contributed by atoms with Crippen LogP contribution in [0.1, 0.15) is 24.8 Å². The van der Waals surface area contributed by atoms with Crippen molar-refractivity contribution in [2.24, 2.45) is 11.7 Å². The number of hydrogen-bond donors (Lipinski definition) is 1. The fraction of sp³-hybridized carbons (Fsp3) is 0.500. The molecule has 0 radical (unpaired) electrons. The third kappa shape index (κ3) is 1.12. The Morgan fingerprint density at radius 3 is 2.21 bits per heavy atom. The number of rotatable bonds is 2. The molecule has 2 aliphatic carbocycles. The minimum absolute atomic E-state index is 0.324. The topological polar surface area (TPSA) is 26.0 Å². The summed E-state index contributed by atoms with van der Waals surface area (Å²) in [5, 5.41) is 0.814. The van der Waals surface area contributed by atoms with Gasteiger partial charge in [0.05, 0.1) is 0 Å². The van der Waals surface area contributed by atoms with E-state index in [1.165, 1.54) is 24.8 Å². The molecule has 0 amide bonds. The molecular formula is C12H14ClN. The lowest BCUT2D eigenvalue weighted by molar-refractivity contribution is 0.573. The second kappa shape index (κ2) is 2.74. The Bertz CT molecular complexity index is 355. The van der Waals surface area contributed by atoms with E-state index in [4.69, 9.17) is 17.3 Å². The predicted molar refractivity (Wildman–Crippen MR) is 58.4 cm³/mol. The fourth-order valence-electron chi connectivity index (χ4n) is 2.70. The van der Waals surface area contributed by atoms with Crippen molar-refractivity contribution in [3.63, 3.8) is 0 Å². The summed E-state index contributed by atoms with van der Waals surface area (Å²) in [5.41, 5.74) is 7.80. The van der Waals surface area contributed by atoms with Crippen LogP contribution in [0.25, 0.3) is 0 Å². The molecule has 2 atom stereocenters. The summed E-state index contributed by atoms with van der Waals surface area (Å²) in [6.45, 7) is 0. The smallest absolute Gasteiger partial charge is 0.0406 e. The van der Waals surface area contributed by atoms with Crippen LogP contribution in [0, 0.1) is 5.92 Å². The van der Waals surface area contributed by atoms with Crippen LogP contribution in [0.3, 0.4) is 0 Å². The zero-order chi connectivity index (χ0) is 9.76. The summed E-state index contributed by atoms with van der Waals surface area (Å²) in [6.07, 6.45) is 3.88. The molecular weight excluding hydrogens is 194 g/mol. The monoisotopic (exact) mass is 207 g/mol. The normalized spacial score (nSPS) is 35.7. The molecule has 1 nitrogen and oxygen atoms in total. The first-order valence-corrected chi connectivity index (χ1v) is 5.63. The molecule has 14 heavy (non-hydrogen) atoms. The SMILES string of the molecule is N[C@@H]1CC1(c1ccc(Cl)cc1)C1CC1. The van der Waals surface area contributed by atoms with Gasteiger partial charge in [0.15, 0.2) is 0 Å². The van der Waals surface area contributed by atoms with Crippen molar-refractivity contribution in [2.45, 2.75) is 30.7 Å². The van der Waals surface area contributed by atoms with E-state index >= 15 is 0 Å². The van der Waals surface area contributed by atoms with E-state index in [1.54, 1.807) is 0 Å². The maximum atomic E-state index is 6.08. The third-order valence-corrected chi connectivity index (χ3v) is 4.00. The Balaban J connectivity index is 1.97. The molecule has 0 aliphatic heterocycles. The molecule has 2 N–H and O–H groups in total. The van der Waals surface area contributed by atoms with Gasteiger partial charge < -0.3 is 5.73 Å². The van der Waals surface area contributed by atoms with Crippen molar-refractivity contribution in [2.75, 3.05) is 0 Å². The fourth-order valence-corrected chi connectivity index (χ4v) is 2.83. The van der Waals surface area contributed by atoms with Gasteiger partial charge in [-0.25, -0.2) is 0 Å². The molecule has 2 saturated carbocycles. The van der Waals surface area contributed by atoms with E-state index < -0.39 is 0 Å². The minimum atomic E-state index is 0.324. The average Bonchev–Trinajstić information content (AvgIpc) is 3.01. The summed E-state index contributed by atoms with van der Waals surface area (Å²) in [6, 6.07) is 8.63. The van der Waals surface area contributed by atoms with Crippen molar-refractivity contribution < 1.29 is 0 Å². The predicted octanol–water partition coefficient (Wildman–Crippen LogP) is 2.72. The number of halogens is 1. The number of benzene rings is 1. The molecule has 2 fully saturated rings. The highest BCUT2D eigenvalue weighted by Gasteiger charge is 2.61. The van der Waals surface area contributed by atoms with E-state index in [2.05, 4.69) is 12.1 Å². The second-order valence-corrected chi connectivity index (χ2v) is 5.07. The van der Waals surface area contributed by atoms with E-state index in [9.17, 15) is 0 Å². The van der Waals surface area contributed by atoms with Gasteiger partial charge in [-0.05, 0) is 42.9 Å². The van der Waals surface area contributed by atoms with Crippen LogP contribution in [0.4, 0.5) is 0 Å². The Kier molecular flexibility index (Phi) is 1.71. The Morgan fingerprint density at radius 2 is 1.79 bits per heavy atom. The van der Waals surface area contributed by atoms with Crippen LogP contribution < -0.4 is 5.73 Å². The molecule has 0 saturated heterocycles. The largest absolute Gasteiger partial charge is 0.327 e. The zero-order valence-electron chi connectivity index (χ0n) is 8.04. The molecule has 1 aromatic carbocycles. The van der Waals surface area contributed by atoms with E-state index in [1.807, 2.05) is 12.1 Å². The standard InChI is InChI=1S/C12H14ClN/c13-10-5-3-9(4-6-10)12(7-11(12)14)8-1-2-8/h3-6,8,11H,1-2,7,14H2/t11-,12?/m1/s1. The van der Waals surface area contributed by atoms with E-state index in [-0.39, 0.29) is 0 Å². The molecule has 3 rings (SSSR count). The summed E-state index contributed by atoms with van der Waals surface area (Å²) in [7, 11) is 0. The zero-order valence-corrected chi connectivity index (χ0v) is 8.80. The van der Waals surface area contributed by atoms with Gasteiger partial charge in [-0.3, -0.25) is 0 Å². The summed E-state index contributed by atoms with van der Waals surface area (Å²) in [5.74, 6) is 0.846. The quantitative estimate of drug-likeness (QED) is 0.793. The van der Waals surface area contributed by atoms with Gasteiger partial charge in [-0.2, -0.15) is 0 Å². The highest BCUT2D eigenvalue weighted by molar-refractivity contribution is 6.30. The lowest BCUT2D eigenvalue weighted by Crippen LogP contribution is -2.20. The van der Waals surface area contributed by atoms with Crippen LogP contribution in [0.2, 0.25) is 5.02 Å². The highest BCUT2D eigenvalue weighted by atomic mass is 35.5. The van der Waals surface area contributed by atoms with Gasteiger partial charge in [0, 0.05) is 16.5 Å². The molecule has 2 aliphatic rings. The molecule has 1 aromatic rings. The number of hydrogen-bond acceptors (Lipinski definition) is 1. The molecule has 0 heterocycles. The first kappa shape index (κ1) is 8.75. The Labute approximate surface area is 89.3 Å². The Morgan fingerprint density at radius 1 is 1.21 bits per heavy atom. The third-order valence-electron chi connectivity index (χ3n) is 3.75. The Hall–Kier alpha value is -0.530. The van der Waals surface area contributed by atoms with Crippen LogP contribution >= 0.6 is 11.6 Å². The number of nitrogens with two attached hydrogens (primary N) is 1. The van der Waals surface area contributed by atoms with Gasteiger partial charge in [0.25, 0.3) is 0 Å². The van der Waals surface area contributed by atoms with Crippen molar-refractivity contribution in [3.8, 4) is 0 Å². The maximum absolute atomic E-state index is 6.08. The minimum Gasteiger partial charge on any atom is -0.327 e. The van der Waals surface area contributed by atoms with Crippen molar-refractivity contribution in [3.05, 3.63) is 34.9 Å². The molecule has 74 valence electrons. The average molecular weight is 208 g/mol. The summed E-state index contributed by atoms with van der Waals surface area (Å²) < 4.78 is 0. The van der Waals surface area contributed by atoms with Crippen LogP contribution in [-0.4, -0.2) is 6.04 Å². The lowest BCUT2D eigenvalue weighted by atomic mass is 9.90. The van der Waals surface area contributed by atoms with Gasteiger partial charge >= 0.3 is 0 Å². The molecule has 1 unspecified atom stereocenters. The summed E-state index contributed by atoms with van der Waals surface area (Å²) >= 11 is 5.88. The molecule has 0 bridgehead atoms. The summed E-state index contributed by atoms with van der Waals surface area (Å²) in [4.78, 5) is 0. The lowest BCUT2D eigenvalue weighted by Gasteiger charge is -2.15. The van der Waals surface area contributed by atoms with Gasteiger partial charge in [-0.1, -0.05) is 23.7 Å². The molecule has 0 spiro atoms. The van der Waals surface area contributed by atoms with E-state index in [0.717, 1.165) is 10.9 Å². The van der Waals surface area contributed by atoms with Gasteiger partial charge in [-0.15, -0.1) is 0 Å². The van der Waals surface area contributed by atoms with Crippen molar-refractivity contribution in [1.82, 2.24) is 0 Å². The van der Waals surface area contributed by atoms with Crippen LogP contribution in [0.5, 0.6) is 0 Å². The van der Waals surface area contributed by atoms with Crippen molar-refractivity contribution in [1.29, 1.82) is 0 Å².